The number of hydrogen-bond acceptors (Lipinski definition) is 4. The van der Waals surface area contributed by atoms with Crippen LogP contribution < -0.4 is 10.7 Å². The van der Waals surface area contributed by atoms with E-state index in [1.54, 1.807) is 6.07 Å². The summed E-state index contributed by atoms with van der Waals surface area (Å²) in [6, 6.07) is 5.52. The van der Waals surface area contributed by atoms with E-state index in [2.05, 4.69) is 4.98 Å². The molecule has 0 spiro atoms. The summed E-state index contributed by atoms with van der Waals surface area (Å²) in [5.41, 5.74) is 8.09. The SMILES string of the molecule is CN(C)n1c(CO)nc2cc(N)ccc21. The van der Waals surface area contributed by atoms with E-state index in [4.69, 9.17) is 5.73 Å². The van der Waals surface area contributed by atoms with Crippen molar-refractivity contribution in [3.05, 3.63) is 24.0 Å². The molecular weight excluding hydrogens is 192 g/mol. The molecule has 0 saturated heterocycles. The third kappa shape index (κ3) is 1.50. The second-order valence-electron chi connectivity index (χ2n) is 3.59. The van der Waals surface area contributed by atoms with Gasteiger partial charge in [-0.2, -0.15) is 0 Å². The van der Waals surface area contributed by atoms with E-state index in [0.29, 0.717) is 11.5 Å². The van der Waals surface area contributed by atoms with Gasteiger partial charge in [0.2, 0.25) is 0 Å². The van der Waals surface area contributed by atoms with Crippen LogP contribution in [0.4, 0.5) is 5.69 Å². The summed E-state index contributed by atoms with van der Waals surface area (Å²) < 4.78 is 1.86. The first kappa shape index (κ1) is 9.79. The number of imidazole rings is 1. The maximum absolute atomic E-state index is 9.20. The maximum atomic E-state index is 9.20. The summed E-state index contributed by atoms with van der Waals surface area (Å²) >= 11 is 0. The molecule has 0 saturated carbocycles. The Hall–Kier alpha value is -1.75. The van der Waals surface area contributed by atoms with Crippen molar-refractivity contribution in [3.8, 4) is 0 Å². The summed E-state index contributed by atoms with van der Waals surface area (Å²) in [4.78, 5) is 4.30. The van der Waals surface area contributed by atoms with Crippen molar-refractivity contribution in [1.29, 1.82) is 0 Å². The molecule has 1 aromatic heterocycles. The summed E-state index contributed by atoms with van der Waals surface area (Å²) in [5.74, 6) is 0.612. The zero-order valence-corrected chi connectivity index (χ0v) is 8.81. The smallest absolute Gasteiger partial charge is 0.154 e. The lowest BCUT2D eigenvalue weighted by atomic mass is 10.3. The Morgan fingerprint density at radius 2 is 2.20 bits per heavy atom. The van der Waals surface area contributed by atoms with E-state index in [-0.39, 0.29) is 6.61 Å². The van der Waals surface area contributed by atoms with Gasteiger partial charge in [-0.1, -0.05) is 0 Å². The van der Waals surface area contributed by atoms with Crippen LogP contribution in [0.5, 0.6) is 0 Å². The zero-order valence-electron chi connectivity index (χ0n) is 8.81. The van der Waals surface area contributed by atoms with Gasteiger partial charge in [0.15, 0.2) is 5.82 Å². The second kappa shape index (κ2) is 3.43. The number of aliphatic hydroxyl groups excluding tert-OH is 1. The Kier molecular flexibility index (Phi) is 2.24. The van der Waals surface area contributed by atoms with E-state index < -0.39 is 0 Å². The van der Waals surface area contributed by atoms with Gasteiger partial charge in [0.25, 0.3) is 0 Å². The summed E-state index contributed by atoms with van der Waals surface area (Å²) in [6.07, 6.45) is 0. The molecule has 0 amide bonds. The average Bonchev–Trinajstić information content (AvgIpc) is 2.54. The standard InChI is InChI=1S/C10H14N4O/c1-13(2)14-9-4-3-7(11)5-8(9)12-10(14)6-15/h3-5,15H,6,11H2,1-2H3. The van der Waals surface area contributed by atoms with Crippen LogP contribution in [-0.4, -0.2) is 28.9 Å². The lowest BCUT2D eigenvalue weighted by Gasteiger charge is -2.17. The highest BCUT2D eigenvalue weighted by atomic mass is 16.3. The number of fused-ring (bicyclic) bond motifs is 1. The lowest BCUT2D eigenvalue weighted by Crippen LogP contribution is -2.26. The minimum absolute atomic E-state index is 0.0905. The molecule has 0 aliphatic heterocycles. The topological polar surface area (TPSA) is 67.3 Å². The normalized spacial score (nSPS) is 10.9. The first-order valence-corrected chi connectivity index (χ1v) is 4.69. The largest absolute Gasteiger partial charge is 0.399 e. The number of nitrogens with two attached hydrogens (primary N) is 1. The van der Waals surface area contributed by atoms with Crippen LogP contribution >= 0.6 is 0 Å². The van der Waals surface area contributed by atoms with E-state index in [0.717, 1.165) is 11.0 Å². The number of benzene rings is 1. The highest BCUT2D eigenvalue weighted by Crippen LogP contribution is 2.18. The predicted molar refractivity (Wildman–Crippen MR) is 60.1 cm³/mol. The zero-order chi connectivity index (χ0) is 11.0. The monoisotopic (exact) mass is 206 g/mol. The van der Waals surface area contributed by atoms with Crippen LogP contribution in [0.15, 0.2) is 18.2 Å². The highest BCUT2D eigenvalue weighted by molar-refractivity contribution is 5.80. The van der Waals surface area contributed by atoms with Crippen LogP contribution in [0.25, 0.3) is 11.0 Å². The van der Waals surface area contributed by atoms with Crippen molar-refractivity contribution in [3.63, 3.8) is 0 Å². The van der Waals surface area contributed by atoms with Crippen LogP contribution in [0, 0.1) is 0 Å². The molecule has 1 aromatic carbocycles. The van der Waals surface area contributed by atoms with Crippen LogP contribution in [-0.2, 0) is 6.61 Å². The first-order valence-electron chi connectivity index (χ1n) is 4.69. The lowest BCUT2D eigenvalue weighted by molar-refractivity contribution is 0.266. The van der Waals surface area contributed by atoms with Crippen molar-refractivity contribution >= 4 is 16.7 Å². The second-order valence-corrected chi connectivity index (χ2v) is 3.59. The molecule has 0 aliphatic rings. The Morgan fingerprint density at radius 3 is 2.80 bits per heavy atom. The Labute approximate surface area is 87.7 Å². The molecule has 1 heterocycles. The van der Waals surface area contributed by atoms with Gasteiger partial charge < -0.3 is 15.8 Å². The molecule has 2 aromatic rings. The molecule has 0 unspecified atom stereocenters. The Bertz CT molecular complexity index is 489. The fourth-order valence-corrected chi connectivity index (χ4v) is 1.68. The first-order chi connectivity index (χ1) is 7.13. The molecule has 0 aliphatic carbocycles. The molecule has 0 atom stereocenters. The van der Waals surface area contributed by atoms with Crippen LogP contribution in [0.2, 0.25) is 0 Å². The third-order valence-electron chi connectivity index (χ3n) is 2.26. The number of aliphatic hydroxyl groups is 1. The number of rotatable bonds is 2. The number of nitrogens with zero attached hydrogens (tertiary/aromatic N) is 3. The molecule has 15 heavy (non-hydrogen) atoms. The van der Waals surface area contributed by atoms with E-state index in [1.165, 1.54) is 0 Å². The molecule has 5 heteroatoms. The number of aromatic nitrogens is 2. The Balaban J connectivity index is 2.74. The van der Waals surface area contributed by atoms with E-state index in [9.17, 15) is 5.11 Å². The van der Waals surface area contributed by atoms with Gasteiger partial charge in [-0.05, 0) is 18.2 Å². The fraction of sp³-hybridized carbons (Fsp3) is 0.300. The van der Waals surface area contributed by atoms with Crippen LogP contribution in [0.3, 0.4) is 0 Å². The fourth-order valence-electron chi connectivity index (χ4n) is 1.68. The number of anilines is 1. The highest BCUT2D eigenvalue weighted by Gasteiger charge is 2.10. The third-order valence-corrected chi connectivity index (χ3v) is 2.26. The van der Waals surface area contributed by atoms with Crippen molar-refractivity contribution < 1.29 is 5.11 Å². The molecule has 0 fully saturated rings. The molecule has 80 valence electrons. The molecule has 0 radical (unpaired) electrons. The van der Waals surface area contributed by atoms with E-state index in [1.807, 2.05) is 35.9 Å². The van der Waals surface area contributed by atoms with E-state index >= 15 is 0 Å². The van der Waals surface area contributed by atoms with Gasteiger partial charge in [-0.15, -0.1) is 0 Å². The minimum atomic E-state index is -0.0905. The van der Waals surface area contributed by atoms with Gasteiger partial charge in [0, 0.05) is 19.8 Å². The molecule has 3 N–H and O–H groups in total. The average molecular weight is 206 g/mol. The summed E-state index contributed by atoms with van der Waals surface area (Å²) in [5, 5.41) is 11.1. The Morgan fingerprint density at radius 1 is 1.47 bits per heavy atom. The molecule has 5 nitrogen and oxygen atoms in total. The van der Waals surface area contributed by atoms with Gasteiger partial charge in [-0.3, -0.25) is 0 Å². The van der Waals surface area contributed by atoms with Crippen LogP contribution in [0.1, 0.15) is 5.82 Å². The molecule has 2 rings (SSSR count). The summed E-state index contributed by atoms with van der Waals surface area (Å²) in [7, 11) is 3.80. The van der Waals surface area contributed by atoms with Crippen molar-refractivity contribution in [2.45, 2.75) is 6.61 Å². The minimum Gasteiger partial charge on any atom is -0.399 e. The number of hydrogen-bond donors (Lipinski definition) is 2. The van der Waals surface area contributed by atoms with Gasteiger partial charge in [0.05, 0.1) is 11.0 Å². The summed E-state index contributed by atoms with van der Waals surface area (Å²) in [6.45, 7) is -0.0905. The van der Waals surface area contributed by atoms with Gasteiger partial charge in [-0.25, -0.2) is 9.66 Å². The van der Waals surface area contributed by atoms with Crippen molar-refractivity contribution in [2.24, 2.45) is 0 Å². The maximum Gasteiger partial charge on any atom is 0.154 e. The number of nitrogen functional groups attached to an aromatic ring is 1. The molecule has 0 bridgehead atoms. The predicted octanol–water partition coefficient (Wildman–Crippen LogP) is 0.308. The van der Waals surface area contributed by atoms with Crippen molar-refractivity contribution in [2.75, 3.05) is 24.8 Å². The van der Waals surface area contributed by atoms with Gasteiger partial charge in [0.1, 0.15) is 6.61 Å². The quantitative estimate of drug-likeness (QED) is 0.694. The van der Waals surface area contributed by atoms with Crippen molar-refractivity contribution in [1.82, 2.24) is 9.66 Å². The molecular formula is C10H14N4O. The van der Waals surface area contributed by atoms with Gasteiger partial charge >= 0.3 is 0 Å².